The van der Waals surface area contributed by atoms with E-state index in [1.165, 1.54) is 13.2 Å². The summed E-state index contributed by atoms with van der Waals surface area (Å²) in [5, 5.41) is 3.33. The second-order valence-electron chi connectivity index (χ2n) is 1.99. The summed E-state index contributed by atoms with van der Waals surface area (Å²) in [6, 6.07) is 4.22. The molecule has 0 spiro atoms. The van der Waals surface area contributed by atoms with E-state index in [2.05, 4.69) is 9.99 Å². The van der Waals surface area contributed by atoms with Crippen molar-refractivity contribution >= 4 is 6.21 Å². The molecule has 0 bridgehead atoms. The summed E-state index contributed by atoms with van der Waals surface area (Å²) in [5.74, 6) is -1.52. The molecule has 0 amide bonds. The van der Waals surface area contributed by atoms with Gasteiger partial charge >= 0.3 is 0 Å². The van der Waals surface area contributed by atoms with E-state index in [1.807, 2.05) is 6.07 Å². The minimum Gasteiger partial charge on any atom is -0.399 e. The molecule has 0 aliphatic rings. The van der Waals surface area contributed by atoms with Gasteiger partial charge in [0.2, 0.25) is 0 Å². The van der Waals surface area contributed by atoms with Gasteiger partial charge in [-0.3, -0.25) is 0 Å². The van der Waals surface area contributed by atoms with Gasteiger partial charge in [-0.25, -0.2) is 8.78 Å². The maximum atomic E-state index is 12.7. The lowest BCUT2D eigenvalue weighted by Crippen LogP contribution is -1.90. The largest absolute Gasteiger partial charge is 0.399 e. The van der Waals surface area contributed by atoms with Crippen molar-refractivity contribution in [1.82, 2.24) is 0 Å². The van der Waals surface area contributed by atoms with E-state index in [4.69, 9.17) is 0 Å². The number of benzene rings is 1. The van der Waals surface area contributed by atoms with Gasteiger partial charge in [0.25, 0.3) is 0 Å². The van der Waals surface area contributed by atoms with Crippen molar-refractivity contribution in [3.8, 4) is 0 Å². The van der Waals surface area contributed by atoms with Crippen LogP contribution in [0.25, 0.3) is 0 Å². The molecule has 0 aliphatic carbocycles. The first-order valence-corrected chi connectivity index (χ1v) is 3.18. The fourth-order valence-electron chi connectivity index (χ4n) is 0.664. The standard InChI is InChI=1S/C8H6F2NO/c1-12-11-5-6-2-3-7(9)4-8(6)10/h2-3,5H,1H3. The topological polar surface area (TPSA) is 21.6 Å². The van der Waals surface area contributed by atoms with E-state index in [1.54, 1.807) is 0 Å². The molecule has 0 saturated heterocycles. The maximum Gasteiger partial charge on any atom is 0.143 e. The van der Waals surface area contributed by atoms with E-state index >= 15 is 0 Å². The molecule has 1 aromatic carbocycles. The molecule has 4 heteroatoms. The van der Waals surface area contributed by atoms with Crippen LogP contribution in [0.2, 0.25) is 0 Å². The number of hydrogen-bond donors (Lipinski definition) is 0. The summed E-state index contributed by atoms with van der Waals surface area (Å²) in [6.45, 7) is 0. The summed E-state index contributed by atoms with van der Waals surface area (Å²) in [5.41, 5.74) is 0.137. The van der Waals surface area contributed by atoms with Crippen LogP contribution in [0.1, 0.15) is 5.56 Å². The fraction of sp³-hybridized carbons (Fsp3) is 0.125. The van der Waals surface area contributed by atoms with Gasteiger partial charge in [0.15, 0.2) is 0 Å². The van der Waals surface area contributed by atoms with E-state index in [-0.39, 0.29) is 5.56 Å². The number of halogens is 2. The zero-order chi connectivity index (χ0) is 8.97. The second kappa shape index (κ2) is 3.80. The smallest absolute Gasteiger partial charge is 0.143 e. The van der Waals surface area contributed by atoms with Gasteiger partial charge in [-0.2, -0.15) is 0 Å². The van der Waals surface area contributed by atoms with Crippen molar-refractivity contribution in [3.63, 3.8) is 0 Å². The Balaban J connectivity index is 2.94. The first-order valence-electron chi connectivity index (χ1n) is 3.18. The first kappa shape index (κ1) is 8.64. The van der Waals surface area contributed by atoms with Gasteiger partial charge < -0.3 is 4.84 Å². The summed E-state index contributed by atoms with van der Waals surface area (Å²) in [7, 11) is 1.33. The van der Waals surface area contributed by atoms with Gasteiger partial charge in [0, 0.05) is 5.56 Å². The molecule has 63 valence electrons. The number of oxime groups is 1. The van der Waals surface area contributed by atoms with Crippen molar-refractivity contribution in [2.45, 2.75) is 0 Å². The Labute approximate surface area is 68.5 Å². The van der Waals surface area contributed by atoms with Crippen LogP contribution in [0.15, 0.2) is 17.3 Å². The molecule has 0 aliphatic heterocycles. The molecular formula is C8H6F2NO. The highest BCUT2D eigenvalue weighted by atomic mass is 19.1. The second-order valence-corrected chi connectivity index (χ2v) is 1.99. The molecule has 1 radical (unpaired) electrons. The quantitative estimate of drug-likeness (QED) is 0.489. The molecule has 2 nitrogen and oxygen atoms in total. The Morgan fingerprint density at radius 1 is 1.50 bits per heavy atom. The van der Waals surface area contributed by atoms with Crippen LogP contribution in [0, 0.1) is 17.7 Å². The highest BCUT2D eigenvalue weighted by Crippen LogP contribution is 2.05. The Bertz CT molecular complexity index is 299. The third kappa shape index (κ3) is 2.02. The Hall–Kier alpha value is -1.45. The van der Waals surface area contributed by atoms with E-state index in [0.717, 1.165) is 12.3 Å². The van der Waals surface area contributed by atoms with Gasteiger partial charge in [0.05, 0.1) is 12.3 Å². The van der Waals surface area contributed by atoms with Crippen molar-refractivity contribution in [2.24, 2.45) is 5.16 Å². The maximum absolute atomic E-state index is 12.7. The predicted octanol–water partition coefficient (Wildman–Crippen LogP) is 1.75. The Morgan fingerprint density at radius 3 is 2.83 bits per heavy atom. The number of hydrogen-bond acceptors (Lipinski definition) is 2. The molecule has 0 atom stereocenters. The normalized spacial score (nSPS) is 10.6. The fourth-order valence-corrected chi connectivity index (χ4v) is 0.664. The van der Waals surface area contributed by atoms with Gasteiger partial charge in [0.1, 0.15) is 18.7 Å². The summed E-state index contributed by atoms with van der Waals surface area (Å²) < 4.78 is 25.0. The lowest BCUT2D eigenvalue weighted by Gasteiger charge is -1.94. The summed E-state index contributed by atoms with van der Waals surface area (Å²) in [6.07, 6.45) is 1.14. The number of rotatable bonds is 2. The highest BCUT2D eigenvalue weighted by molar-refractivity contribution is 5.79. The van der Waals surface area contributed by atoms with E-state index in [0.29, 0.717) is 0 Å². The highest BCUT2D eigenvalue weighted by Gasteiger charge is 2.00. The predicted molar refractivity (Wildman–Crippen MR) is 39.8 cm³/mol. The van der Waals surface area contributed by atoms with Crippen LogP contribution >= 0.6 is 0 Å². The lowest BCUT2D eigenvalue weighted by atomic mass is 10.2. The lowest BCUT2D eigenvalue weighted by molar-refractivity contribution is 0.215. The summed E-state index contributed by atoms with van der Waals surface area (Å²) >= 11 is 0. The van der Waals surface area contributed by atoms with Gasteiger partial charge in [-0.1, -0.05) is 5.16 Å². The van der Waals surface area contributed by atoms with Crippen LogP contribution in [0.5, 0.6) is 0 Å². The van der Waals surface area contributed by atoms with Crippen molar-refractivity contribution in [1.29, 1.82) is 0 Å². The third-order valence-corrected chi connectivity index (χ3v) is 1.19. The molecular weight excluding hydrogens is 164 g/mol. The molecule has 1 rings (SSSR count). The molecule has 0 N–H and O–H groups in total. The minimum atomic E-state index is -0.782. The molecule has 12 heavy (non-hydrogen) atoms. The zero-order valence-electron chi connectivity index (χ0n) is 6.34. The number of nitrogens with zero attached hydrogens (tertiary/aromatic N) is 1. The van der Waals surface area contributed by atoms with Gasteiger partial charge in [-0.05, 0) is 12.1 Å². The molecule has 0 aromatic heterocycles. The van der Waals surface area contributed by atoms with Crippen LogP contribution in [-0.2, 0) is 4.84 Å². The molecule has 0 saturated carbocycles. The SMILES string of the molecule is CON=Cc1ccc(F)[c]c1F. The monoisotopic (exact) mass is 170 g/mol. The van der Waals surface area contributed by atoms with Crippen LogP contribution in [0.4, 0.5) is 8.78 Å². The van der Waals surface area contributed by atoms with Crippen LogP contribution in [0.3, 0.4) is 0 Å². The third-order valence-electron chi connectivity index (χ3n) is 1.19. The van der Waals surface area contributed by atoms with Crippen LogP contribution < -0.4 is 0 Å². The molecule has 1 aromatic rings. The van der Waals surface area contributed by atoms with E-state index < -0.39 is 11.6 Å². The van der Waals surface area contributed by atoms with Gasteiger partial charge in [-0.15, -0.1) is 0 Å². The molecule has 0 unspecified atom stereocenters. The van der Waals surface area contributed by atoms with Crippen LogP contribution in [-0.4, -0.2) is 13.3 Å². The molecule has 0 fully saturated rings. The summed E-state index contributed by atoms with van der Waals surface area (Å²) in [4.78, 5) is 4.33. The van der Waals surface area contributed by atoms with Crippen molar-refractivity contribution in [3.05, 3.63) is 35.4 Å². The van der Waals surface area contributed by atoms with E-state index in [9.17, 15) is 8.78 Å². The molecule has 0 heterocycles. The average Bonchev–Trinajstić information content (AvgIpc) is 2.03. The first-order chi connectivity index (χ1) is 5.74. The van der Waals surface area contributed by atoms with Crippen molar-refractivity contribution < 1.29 is 13.6 Å². The minimum absolute atomic E-state index is 0.137. The zero-order valence-corrected chi connectivity index (χ0v) is 6.34. The Morgan fingerprint density at radius 2 is 2.25 bits per heavy atom. The van der Waals surface area contributed by atoms with Crippen molar-refractivity contribution in [2.75, 3.05) is 7.11 Å². The Kier molecular flexibility index (Phi) is 2.74. The average molecular weight is 170 g/mol.